The topological polar surface area (TPSA) is 77.7 Å². The first-order valence-electron chi connectivity index (χ1n) is 9.77. The minimum Gasteiger partial charge on any atom is -0.496 e. The predicted molar refractivity (Wildman–Crippen MR) is 112 cm³/mol. The number of hydrogen-bond donors (Lipinski definition) is 0. The Balaban J connectivity index is 1.32. The SMILES string of the molecule is COc1ccccc1-c1nc(C2CCN(C(=O)COc3ccc(Cl)cc3)CC2)no1. The Bertz CT molecular complexity index is 998. The second-order valence-corrected chi connectivity index (χ2v) is 7.49. The van der Waals surface area contributed by atoms with Gasteiger partial charge in [0.15, 0.2) is 12.4 Å². The summed E-state index contributed by atoms with van der Waals surface area (Å²) >= 11 is 5.86. The number of halogens is 1. The number of hydrogen-bond acceptors (Lipinski definition) is 6. The molecule has 7 nitrogen and oxygen atoms in total. The van der Waals surface area contributed by atoms with Gasteiger partial charge in [0.05, 0.1) is 12.7 Å². The van der Waals surface area contributed by atoms with Crippen LogP contribution in [-0.2, 0) is 4.79 Å². The Morgan fingerprint density at radius 3 is 2.63 bits per heavy atom. The Morgan fingerprint density at radius 2 is 1.90 bits per heavy atom. The average molecular weight is 428 g/mol. The summed E-state index contributed by atoms with van der Waals surface area (Å²) in [6, 6.07) is 14.5. The number of aromatic nitrogens is 2. The van der Waals surface area contributed by atoms with Crippen molar-refractivity contribution in [3.8, 4) is 23.0 Å². The summed E-state index contributed by atoms with van der Waals surface area (Å²) in [5, 5.41) is 4.79. The fourth-order valence-electron chi connectivity index (χ4n) is 3.49. The zero-order valence-electron chi connectivity index (χ0n) is 16.6. The highest BCUT2D eigenvalue weighted by atomic mass is 35.5. The van der Waals surface area contributed by atoms with Crippen molar-refractivity contribution in [2.45, 2.75) is 18.8 Å². The lowest BCUT2D eigenvalue weighted by molar-refractivity contribution is -0.134. The maximum atomic E-state index is 12.5. The van der Waals surface area contributed by atoms with Gasteiger partial charge in [0, 0.05) is 24.0 Å². The average Bonchev–Trinajstić information content (AvgIpc) is 3.28. The lowest BCUT2D eigenvalue weighted by Crippen LogP contribution is -2.40. The molecule has 156 valence electrons. The van der Waals surface area contributed by atoms with Crippen LogP contribution in [0.2, 0.25) is 5.02 Å². The maximum Gasteiger partial charge on any atom is 0.261 e. The van der Waals surface area contributed by atoms with Crippen molar-refractivity contribution in [3.05, 3.63) is 59.4 Å². The number of carbonyl (C=O) groups excluding carboxylic acids is 1. The van der Waals surface area contributed by atoms with E-state index < -0.39 is 0 Å². The van der Waals surface area contributed by atoms with Gasteiger partial charge in [-0.2, -0.15) is 4.98 Å². The molecule has 3 aromatic rings. The van der Waals surface area contributed by atoms with Crippen molar-refractivity contribution in [2.75, 3.05) is 26.8 Å². The van der Waals surface area contributed by atoms with Crippen molar-refractivity contribution < 1.29 is 18.8 Å². The van der Waals surface area contributed by atoms with Gasteiger partial charge in [-0.3, -0.25) is 4.79 Å². The molecule has 4 rings (SSSR count). The third-order valence-electron chi connectivity index (χ3n) is 5.17. The largest absolute Gasteiger partial charge is 0.496 e. The zero-order valence-corrected chi connectivity index (χ0v) is 17.3. The van der Waals surface area contributed by atoms with Crippen LogP contribution in [0.25, 0.3) is 11.5 Å². The molecule has 1 saturated heterocycles. The van der Waals surface area contributed by atoms with E-state index in [-0.39, 0.29) is 18.4 Å². The van der Waals surface area contributed by atoms with Crippen molar-refractivity contribution in [1.82, 2.24) is 15.0 Å². The van der Waals surface area contributed by atoms with Gasteiger partial charge < -0.3 is 18.9 Å². The van der Waals surface area contributed by atoms with Gasteiger partial charge in [-0.05, 0) is 49.2 Å². The number of carbonyl (C=O) groups is 1. The molecular weight excluding hydrogens is 406 g/mol. The van der Waals surface area contributed by atoms with Crippen LogP contribution in [0.4, 0.5) is 0 Å². The van der Waals surface area contributed by atoms with Gasteiger partial charge in [0.25, 0.3) is 11.8 Å². The summed E-state index contributed by atoms with van der Waals surface area (Å²) < 4.78 is 16.4. The van der Waals surface area contributed by atoms with E-state index in [0.29, 0.717) is 41.3 Å². The number of nitrogens with zero attached hydrogens (tertiary/aromatic N) is 3. The molecule has 2 aromatic carbocycles. The summed E-state index contributed by atoms with van der Waals surface area (Å²) in [7, 11) is 1.61. The first kappa shape index (κ1) is 20.2. The fraction of sp³-hybridized carbons (Fsp3) is 0.318. The normalized spacial score (nSPS) is 14.5. The van der Waals surface area contributed by atoms with Crippen molar-refractivity contribution in [1.29, 1.82) is 0 Å². The van der Waals surface area contributed by atoms with Gasteiger partial charge in [-0.25, -0.2) is 0 Å². The van der Waals surface area contributed by atoms with Crippen LogP contribution >= 0.6 is 11.6 Å². The number of ether oxygens (including phenoxy) is 2. The third-order valence-corrected chi connectivity index (χ3v) is 5.42. The second-order valence-electron chi connectivity index (χ2n) is 7.06. The number of benzene rings is 2. The molecule has 1 aliphatic heterocycles. The predicted octanol–water partition coefficient (Wildman–Crippen LogP) is 4.18. The van der Waals surface area contributed by atoms with Gasteiger partial charge in [0.2, 0.25) is 0 Å². The lowest BCUT2D eigenvalue weighted by Gasteiger charge is -2.30. The standard InChI is InChI=1S/C22H22ClN3O4/c1-28-19-5-3-2-4-18(19)22-24-21(25-30-22)15-10-12-26(13-11-15)20(27)14-29-17-8-6-16(23)7-9-17/h2-9,15H,10-14H2,1H3. The summed E-state index contributed by atoms with van der Waals surface area (Å²) in [4.78, 5) is 18.8. The highest BCUT2D eigenvalue weighted by molar-refractivity contribution is 6.30. The molecule has 0 aliphatic carbocycles. The first-order valence-corrected chi connectivity index (χ1v) is 10.1. The van der Waals surface area contributed by atoms with Gasteiger partial charge in [0.1, 0.15) is 11.5 Å². The molecule has 0 atom stereocenters. The summed E-state index contributed by atoms with van der Waals surface area (Å²) in [6.07, 6.45) is 1.55. The molecule has 0 bridgehead atoms. The van der Waals surface area contributed by atoms with E-state index in [1.807, 2.05) is 29.2 Å². The molecule has 0 spiro atoms. The monoisotopic (exact) mass is 427 g/mol. The Hall–Kier alpha value is -3.06. The van der Waals surface area contributed by atoms with Crippen molar-refractivity contribution >= 4 is 17.5 Å². The molecule has 2 heterocycles. The minimum absolute atomic E-state index is 0.00641. The Kier molecular flexibility index (Phi) is 6.18. The molecular formula is C22H22ClN3O4. The number of amides is 1. The summed E-state index contributed by atoms with van der Waals surface area (Å²) in [5.74, 6) is 2.54. The van der Waals surface area contributed by atoms with E-state index in [0.717, 1.165) is 18.4 Å². The van der Waals surface area contributed by atoms with E-state index in [9.17, 15) is 4.79 Å². The van der Waals surface area contributed by atoms with Crippen LogP contribution in [-0.4, -0.2) is 47.8 Å². The first-order chi connectivity index (χ1) is 14.6. The van der Waals surface area contributed by atoms with Crippen LogP contribution in [0.1, 0.15) is 24.6 Å². The third kappa shape index (κ3) is 4.57. The number of likely N-dealkylation sites (tertiary alicyclic amines) is 1. The van der Waals surface area contributed by atoms with Crippen molar-refractivity contribution in [3.63, 3.8) is 0 Å². The van der Waals surface area contributed by atoms with Crippen LogP contribution in [0, 0.1) is 0 Å². The highest BCUT2D eigenvalue weighted by Crippen LogP contribution is 2.31. The molecule has 0 N–H and O–H groups in total. The van der Waals surface area contributed by atoms with E-state index >= 15 is 0 Å². The summed E-state index contributed by atoms with van der Waals surface area (Å²) in [5.41, 5.74) is 0.769. The molecule has 8 heteroatoms. The molecule has 1 fully saturated rings. The van der Waals surface area contributed by atoms with Gasteiger partial charge in [-0.1, -0.05) is 28.9 Å². The molecule has 1 amide bonds. The van der Waals surface area contributed by atoms with Crippen LogP contribution in [0.3, 0.4) is 0 Å². The molecule has 0 unspecified atom stereocenters. The zero-order chi connectivity index (χ0) is 20.9. The maximum absolute atomic E-state index is 12.5. The number of methoxy groups -OCH3 is 1. The molecule has 0 radical (unpaired) electrons. The van der Waals surface area contributed by atoms with E-state index in [4.69, 9.17) is 25.6 Å². The van der Waals surface area contributed by atoms with Gasteiger partial charge >= 0.3 is 0 Å². The quantitative estimate of drug-likeness (QED) is 0.587. The fourth-order valence-corrected chi connectivity index (χ4v) is 3.61. The van der Waals surface area contributed by atoms with E-state index in [2.05, 4.69) is 10.1 Å². The van der Waals surface area contributed by atoms with E-state index in [1.54, 1.807) is 31.4 Å². The minimum atomic E-state index is -0.0359. The van der Waals surface area contributed by atoms with Crippen LogP contribution < -0.4 is 9.47 Å². The van der Waals surface area contributed by atoms with Crippen molar-refractivity contribution in [2.24, 2.45) is 0 Å². The molecule has 1 aromatic heterocycles. The summed E-state index contributed by atoms with van der Waals surface area (Å²) in [6.45, 7) is 1.27. The molecule has 30 heavy (non-hydrogen) atoms. The smallest absolute Gasteiger partial charge is 0.261 e. The van der Waals surface area contributed by atoms with Gasteiger partial charge in [-0.15, -0.1) is 0 Å². The highest BCUT2D eigenvalue weighted by Gasteiger charge is 2.27. The van der Waals surface area contributed by atoms with Crippen LogP contribution in [0.15, 0.2) is 53.1 Å². The van der Waals surface area contributed by atoms with E-state index in [1.165, 1.54) is 0 Å². The molecule has 1 aliphatic rings. The number of rotatable bonds is 6. The Labute approximate surface area is 179 Å². The number of para-hydroxylation sites is 1. The Morgan fingerprint density at radius 1 is 1.17 bits per heavy atom. The lowest BCUT2D eigenvalue weighted by atomic mass is 9.96. The molecule has 0 saturated carbocycles. The second kappa shape index (κ2) is 9.17. The number of piperidine rings is 1. The van der Waals surface area contributed by atoms with Crippen LogP contribution in [0.5, 0.6) is 11.5 Å².